The molecule has 1 N–H and O–H groups in total. The number of aliphatic hydroxyl groups is 1. The van der Waals surface area contributed by atoms with E-state index in [1.165, 1.54) is 26.1 Å². The molecule has 1 fully saturated rings. The van der Waals surface area contributed by atoms with Gasteiger partial charge in [0.2, 0.25) is 0 Å². The van der Waals surface area contributed by atoms with Crippen molar-refractivity contribution in [2.24, 2.45) is 4.99 Å². The molecule has 2 unspecified atom stereocenters. The van der Waals surface area contributed by atoms with Crippen LogP contribution >= 0.6 is 11.8 Å². The molecule has 0 saturated carbocycles. The van der Waals surface area contributed by atoms with Gasteiger partial charge in [0.05, 0.1) is 7.11 Å². The fraction of sp³-hybridized carbons (Fsp3) is 0.450. The van der Waals surface area contributed by atoms with Crippen LogP contribution < -0.4 is 4.74 Å². The summed E-state index contributed by atoms with van der Waals surface area (Å²) in [4.78, 5) is 43.5. The number of aliphatic hydroxyl groups excluding tert-OH is 1. The number of imide groups is 1. The molecule has 11 heteroatoms. The summed E-state index contributed by atoms with van der Waals surface area (Å²) in [6, 6.07) is 6.08. The fourth-order valence-corrected chi connectivity index (χ4v) is 4.11. The lowest BCUT2D eigenvalue weighted by Crippen LogP contribution is -2.62. The van der Waals surface area contributed by atoms with Gasteiger partial charge in [0.15, 0.2) is 0 Å². The van der Waals surface area contributed by atoms with E-state index in [0.29, 0.717) is 10.9 Å². The largest absolute Gasteiger partial charge is 0.490 e. The van der Waals surface area contributed by atoms with Crippen LogP contribution in [0.25, 0.3) is 0 Å². The number of hydrogen-bond acceptors (Lipinski definition) is 8. The van der Waals surface area contributed by atoms with Crippen LogP contribution in [0.15, 0.2) is 29.3 Å². The number of amides is 3. The smallest absolute Gasteiger partial charge is 0.358 e. The lowest BCUT2D eigenvalue weighted by molar-refractivity contribution is -0.541. The Hall–Kier alpha value is -2.92. The maximum Gasteiger partial charge on any atom is 0.358 e. The second kappa shape index (κ2) is 9.48. The molecule has 1 aromatic carbocycles. The van der Waals surface area contributed by atoms with E-state index in [0.717, 1.165) is 22.2 Å². The third kappa shape index (κ3) is 4.72. The number of β-amino-alcohol motifs (C(OH)–C–C–N with tert-alkyl or cyclic N) is 1. The number of esters is 1. The monoisotopic (exact) mass is 449 g/mol. The summed E-state index contributed by atoms with van der Waals surface area (Å²) in [6.45, 7) is 1.92. The first-order valence-electron chi connectivity index (χ1n) is 9.58. The van der Waals surface area contributed by atoms with Gasteiger partial charge in [0.1, 0.15) is 30.8 Å². The number of urea groups is 1. The molecule has 1 saturated heterocycles. The average molecular weight is 450 g/mol. The van der Waals surface area contributed by atoms with Crippen LogP contribution in [0, 0.1) is 6.92 Å². The van der Waals surface area contributed by atoms with Gasteiger partial charge in [-0.05, 0) is 35.3 Å². The number of aryl methyl sites for hydroxylation is 1. The predicted molar refractivity (Wildman–Crippen MR) is 114 cm³/mol. The number of benzene rings is 1. The van der Waals surface area contributed by atoms with Gasteiger partial charge in [0, 0.05) is 14.1 Å². The number of likely N-dealkylation sites (N-methyl/N-ethyl adjacent to an activating group) is 2. The minimum atomic E-state index is -0.955. The Labute approximate surface area is 184 Å². The standard InChI is InChI=1S/C20H25N4O6S/c1-12-7-5-6-8-14(12)30-10-13(25)9-24-16-17(21-19(24)31-11-15(26)29-4)22(2)20(28)23(3)18(16)27/h5-8,13,16,25H,9-11H2,1-4H3/q+1. The molecule has 1 aromatic rings. The molecule has 0 aromatic heterocycles. The van der Waals surface area contributed by atoms with Crippen LogP contribution in [0.1, 0.15) is 5.56 Å². The normalized spacial score (nSPS) is 19.4. The van der Waals surface area contributed by atoms with Gasteiger partial charge in [-0.3, -0.25) is 19.4 Å². The van der Waals surface area contributed by atoms with Crippen LogP contribution in [0.4, 0.5) is 4.79 Å². The first kappa shape index (κ1) is 22.8. The molecule has 0 spiro atoms. The lowest BCUT2D eigenvalue weighted by Gasteiger charge is -2.31. The van der Waals surface area contributed by atoms with E-state index in [2.05, 4.69) is 9.73 Å². The Morgan fingerprint density at radius 1 is 1.29 bits per heavy atom. The van der Waals surface area contributed by atoms with Crippen LogP contribution in [0.3, 0.4) is 0 Å². The maximum absolute atomic E-state index is 12.8. The van der Waals surface area contributed by atoms with Crippen molar-refractivity contribution in [3.05, 3.63) is 29.8 Å². The summed E-state index contributed by atoms with van der Waals surface area (Å²) < 4.78 is 12.0. The summed E-state index contributed by atoms with van der Waals surface area (Å²) in [5.41, 5.74) is 0.937. The summed E-state index contributed by atoms with van der Waals surface area (Å²) in [7, 11) is 4.21. The first-order valence-corrected chi connectivity index (χ1v) is 10.6. The molecule has 10 nitrogen and oxygen atoms in total. The highest BCUT2D eigenvalue weighted by molar-refractivity contribution is 8.14. The van der Waals surface area contributed by atoms with Crippen LogP contribution in [0.2, 0.25) is 0 Å². The predicted octanol–water partition coefficient (Wildman–Crippen LogP) is 0.314. The van der Waals surface area contributed by atoms with E-state index in [9.17, 15) is 19.5 Å². The van der Waals surface area contributed by atoms with Crippen molar-refractivity contribution in [2.75, 3.05) is 40.1 Å². The van der Waals surface area contributed by atoms with E-state index in [-0.39, 0.29) is 24.7 Å². The molecule has 2 atom stereocenters. The molecule has 3 rings (SSSR count). The summed E-state index contributed by atoms with van der Waals surface area (Å²) in [5, 5.41) is 11.0. The van der Waals surface area contributed by atoms with Crippen molar-refractivity contribution in [3.63, 3.8) is 0 Å². The number of ether oxygens (including phenoxy) is 2. The number of carbonyl (C=O) groups is 3. The van der Waals surface area contributed by atoms with E-state index in [4.69, 9.17) is 4.74 Å². The quantitative estimate of drug-likeness (QED) is 0.471. The maximum atomic E-state index is 12.8. The number of hydrogen-bond donors (Lipinski definition) is 1. The van der Waals surface area contributed by atoms with Crippen LogP contribution in [-0.2, 0) is 14.3 Å². The number of amidine groups is 2. The number of nitrogens with zero attached hydrogens (tertiary/aromatic N) is 4. The molecule has 2 heterocycles. The van der Waals surface area contributed by atoms with Gasteiger partial charge < -0.3 is 14.6 Å². The van der Waals surface area contributed by atoms with Gasteiger partial charge in [-0.2, -0.15) is 0 Å². The molecule has 3 amide bonds. The second-order valence-electron chi connectivity index (χ2n) is 7.14. The van der Waals surface area contributed by atoms with Gasteiger partial charge in [-0.25, -0.2) is 9.37 Å². The zero-order valence-electron chi connectivity index (χ0n) is 17.8. The molecular formula is C20H25N4O6S+. The highest BCUT2D eigenvalue weighted by atomic mass is 32.2. The number of fused-ring (bicyclic) bond motifs is 1. The highest BCUT2D eigenvalue weighted by Gasteiger charge is 2.53. The Kier molecular flexibility index (Phi) is 6.96. The number of rotatable bonds is 7. The highest BCUT2D eigenvalue weighted by Crippen LogP contribution is 2.23. The molecule has 2 aliphatic rings. The molecular weight excluding hydrogens is 424 g/mol. The molecule has 2 aliphatic heterocycles. The topological polar surface area (TPSA) is 112 Å². The third-order valence-electron chi connectivity index (χ3n) is 4.97. The molecule has 31 heavy (non-hydrogen) atoms. The van der Waals surface area contributed by atoms with Gasteiger partial charge in [0.25, 0.3) is 17.8 Å². The van der Waals surface area contributed by atoms with Crippen molar-refractivity contribution in [1.29, 1.82) is 0 Å². The summed E-state index contributed by atoms with van der Waals surface area (Å²) in [5.74, 6) is -0.0228. The summed E-state index contributed by atoms with van der Waals surface area (Å²) in [6.07, 6.45) is -0.955. The van der Waals surface area contributed by atoms with Crippen LogP contribution in [-0.4, -0.2) is 101 Å². The summed E-state index contributed by atoms with van der Waals surface area (Å²) >= 11 is 1.08. The van der Waals surface area contributed by atoms with Gasteiger partial charge in [-0.15, -0.1) is 0 Å². The first-order chi connectivity index (χ1) is 14.7. The van der Waals surface area contributed by atoms with Crippen molar-refractivity contribution >= 4 is 40.7 Å². The number of carbonyl (C=O) groups excluding carboxylic acids is 3. The van der Waals surface area contributed by atoms with Crippen molar-refractivity contribution in [3.8, 4) is 5.75 Å². The minimum Gasteiger partial charge on any atom is -0.490 e. The van der Waals surface area contributed by atoms with Gasteiger partial charge in [-0.1, -0.05) is 18.2 Å². The average Bonchev–Trinajstić information content (AvgIpc) is 3.12. The van der Waals surface area contributed by atoms with Crippen molar-refractivity contribution in [1.82, 2.24) is 9.80 Å². The Morgan fingerprint density at radius 2 is 2.00 bits per heavy atom. The lowest BCUT2D eigenvalue weighted by atomic mass is 10.1. The Morgan fingerprint density at radius 3 is 2.68 bits per heavy atom. The van der Waals surface area contributed by atoms with Crippen molar-refractivity contribution in [2.45, 2.75) is 19.1 Å². The van der Waals surface area contributed by atoms with E-state index in [1.807, 2.05) is 31.2 Å². The van der Waals surface area contributed by atoms with E-state index >= 15 is 0 Å². The SMILES string of the molecule is COC(=O)CSC1=[N+](CC(O)COc2ccccc2C)C2C(=O)N(C)C(=O)N(C)C2=N1. The molecule has 166 valence electrons. The van der Waals surface area contributed by atoms with E-state index < -0.39 is 30.1 Å². The zero-order valence-corrected chi connectivity index (χ0v) is 18.6. The Bertz CT molecular complexity index is 963. The molecule has 0 radical (unpaired) electrons. The minimum absolute atomic E-state index is 0.00282. The fourth-order valence-electron chi connectivity index (χ4n) is 3.24. The van der Waals surface area contributed by atoms with Crippen LogP contribution in [0.5, 0.6) is 5.75 Å². The van der Waals surface area contributed by atoms with Crippen molar-refractivity contribution < 1.29 is 33.5 Å². The molecule has 0 aliphatic carbocycles. The number of thioether (sulfide) groups is 1. The number of para-hydroxylation sites is 1. The van der Waals surface area contributed by atoms with Gasteiger partial charge >= 0.3 is 17.2 Å². The third-order valence-corrected chi connectivity index (χ3v) is 5.94. The second-order valence-corrected chi connectivity index (χ2v) is 8.08. The number of aliphatic imine (C=N–C) groups is 1. The Balaban J connectivity index is 1.80. The number of methoxy groups -OCH3 is 1. The molecule has 0 bridgehead atoms. The zero-order chi connectivity index (χ0) is 22.7. The van der Waals surface area contributed by atoms with E-state index in [1.54, 1.807) is 4.58 Å².